The molecule has 1 saturated heterocycles. The summed E-state index contributed by atoms with van der Waals surface area (Å²) < 4.78 is 0. The molecule has 2 rings (SSSR count). The van der Waals surface area contributed by atoms with Gasteiger partial charge >= 0.3 is 0 Å². The van der Waals surface area contributed by atoms with E-state index in [-0.39, 0.29) is 12.5 Å². The summed E-state index contributed by atoms with van der Waals surface area (Å²) in [7, 11) is 0. The Kier molecular flexibility index (Phi) is 5.51. The minimum absolute atomic E-state index is 0.0105. The van der Waals surface area contributed by atoms with E-state index in [1.807, 2.05) is 37.3 Å². The summed E-state index contributed by atoms with van der Waals surface area (Å²) in [5, 5.41) is 22.5. The van der Waals surface area contributed by atoms with Gasteiger partial charge in [-0.15, -0.1) is 0 Å². The van der Waals surface area contributed by atoms with Gasteiger partial charge in [0.05, 0.1) is 12.6 Å². The van der Waals surface area contributed by atoms with E-state index in [0.717, 1.165) is 5.56 Å². The van der Waals surface area contributed by atoms with Crippen molar-refractivity contribution in [1.82, 2.24) is 10.2 Å². The zero-order chi connectivity index (χ0) is 16.1. The minimum atomic E-state index is -1.25. The van der Waals surface area contributed by atoms with Crippen LogP contribution in [0.15, 0.2) is 30.3 Å². The van der Waals surface area contributed by atoms with Crippen LogP contribution in [0.25, 0.3) is 0 Å². The highest BCUT2D eigenvalue weighted by atomic mass is 16.3. The Morgan fingerprint density at radius 1 is 1.27 bits per heavy atom. The highest BCUT2D eigenvalue weighted by Gasteiger charge is 2.45. The molecule has 1 heterocycles. The van der Waals surface area contributed by atoms with E-state index in [2.05, 4.69) is 5.32 Å². The van der Waals surface area contributed by atoms with Crippen LogP contribution in [-0.4, -0.2) is 51.7 Å². The number of hydrogen-bond donors (Lipinski definition) is 3. The summed E-state index contributed by atoms with van der Waals surface area (Å²) >= 11 is 0. The average Bonchev–Trinajstić information content (AvgIpc) is 2.82. The Hall–Kier alpha value is -1.92. The quantitative estimate of drug-likeness (QED) is 0.716. The number of benzene rings is 1. The number of likely N-dealkylation sites (tertiary alicyclic amines) is 1. The van der Waals surface area contributed by atoms with Crippen LogP contribution in [0.1, 0.15) is 25.3 Å². The summed E-state index contributed by atoms with van der Waals surface area (Å²) in [6.07, 6.45) is -1.40. The molecule has 6 nitrogen and oxygen atoms in total. The van der Waals surface area contributed by atoms with Crippen LogP contribution in [0.3, 0.4) is 0 Å². The number of aliphatic hydroxyl groups excluding tert-OH is 2. The third-order valence-corrected chi connectivity index (χ3v) is 3.80. The summed E-state index contributed by atoms with van der Waals surface area (Å²) in [6, 6.07) is 8.34. The molecule has 1 aliphatic heterocycles. The van der Waals surface area contributed by atoms with Crippen molar-refractivity contribution >= 4 is 11.8 Å². The van der Waals surface area contributed by atoms with Crippen LogP contribution >= 0.6 is 0 Å². The number of rotatable bonds is 5. The molecular formula is C16H22N2O4. The van der Waals surface area contributed by atoms with Crippen LogP contribution in [0.5, 0.6) is 0 Å². The van der Waals surface area contributed by atoms with Crippen molar-refractivity contribution in [2.45, 2.75) is 44.6 Å². The highest BCUT2D eigenvalue weighted by Crippen LogP contribution is 2.20. The number of nitrogens with zero attached hydrogens (tertiary/aromatic N) is 1. The molecule has 22 heavy (non-hydrogen) atoms. The van der Waals surface area contributed by atoms with E-state index in [0.29, 0.717) is 19.4 Å². The maximum absolute atomic E-state index is 12.3. The van der Waals surface area contributed by atoms with E-state index in [1.54, 1.807) is 0 Å². The number of nitrogens with one attached hydrogen (secondary N) is 1. The van der Waals surface area contributed by atoms with Gasteiger partial charge in [-0.2, -0.15) is 0 Å². The molecule has 0 radical (unpaired) electrons. The molecule has 3 N–H and O–H groups in total. The fourth-order valence-electron chi connectivity index (χ4n) is 2.62. The number of carbonyl (C=O) groups is 2. The number of carbonyl (C=O) groups excluding carboxylic acids is 2. The molecule has 0 spiro atoms. The molecular weight excluding hydrogens is 284 g/mol. The van der Waals surface area contributed by atoms with E-state index in [4.69, 9.17) is 0 Å². The van der Waals surface area contributed by atoms with Gasteiger partial charge < -0.3 is 20.4 Å². The largest absolute Gasteiger partial charge is 0.388 e. The van der Waals surface area contributed by atoms with E-state index < -0.39 is 24.2 Å². The lowest BCUT2D eigenvalue weighted by atomic mass is 10.1. The van der Waals surface area contributed by atoms with Crippen molar-refractivity contribution in [2.75, 3.05) is 6.54 Å². The second-order valence-corrected chi connectivity index (χ2v) is 5.50. The number of hydrogen-bond acceptors (Lipinski definition) is 4. The van der Waals surface area contributed by atoms with Gasteiger partial charge in [0.25, 0.3) is 0 Å². The van der Waals surface area contributed by atoms with Gasteiger partial charge in [-0.1, -0.05) is 37.3 Å². The summed E-state index contributed by atoms with van der Waals surface area (Å²) in [5.41, 5.74) is 0.926. The first-order chi connectivity index (χ1) is 10.5. The topological polar surface area (TPSA) is 89.9 Å². The van der Waals surface area contributed by atoms with Crippen molar-refractivity contribution < 1.29 is 19.8 Å². The van der Waals surface area contributed by atoms with Crippen LogP contribution in [-0.2, 0) is 16.1 Å². The zero-order valence-electron chi connectivity index (χ0n) is 12.6. The fraction of sp³-hybridized carbons (Fsp3) is 0.500. The summed E-state index contributed by atoms with van der Waals surface area (Å²) in [5.74, 6) is -0.671. The maximum atomic E-state index is 12.3. The maximum Gasteiger partial charge on any atom is 0.245 e. The normalized spacial score (nSPS) is 24.3. The number of aliphatic hydroxyl groups is 2. The molecule has 1 aromatic rings. The Labute approximate surface area is 129 Å². The predicted octanol–water partition coefficient (Wildman–Crippen LogP) is 0.0355. The second kappa shape index (κ2) is 7.38. The molecule has 0 aromatic heterocycles. The predicted molar refractivity (Wildman–Crippen MR) is 80.7 cm³/mol. The van der Waals surface area contributed by atoms with Crippen molar-refractivity contribution in [3.05, 3.63) is 35.9 Å². The molecule has 0 saturated carbocycles. The van der Waals surface area contributed by atoms with Gasteiger partial charge in [0.15, 0.2) is 0 Å². The standard InChI is InChI=1S/C16H22N2O4/c1-2-6-13(20)18-10-12(19)15(21)14(18)16(22)17-9-11-7-4-3-5-8-11/h3-5,7-8,12,14-15,19,21H,2,6,9-10H2,1H3,(H,17,22)/t12-,14-,15-/m0/s1. The molecule has 2 amide bonds. The van der Waals surface area contributed by atoms with E-state index in [1.165, 1.54) is 4.90 Å². The first-order valence-electron chi connectivity index (χ1n) is 7.51. The second-order valence-electron chi connectivity index (χ2n) is 5.50. The van der Waals surface area contributed by atoms with Crippen molar-refractivity contribution in [1.29, 1.82) is 0 Å². The smallest absolute Gasteiger partial charge is 0.245 e. The summed E-state index contributed by atoms with van der Waals surface area (Å²) in [4.78, 5) is 25.6. The van der Waals surface area contributed by atoms with Crippen LogP contribution in [0, 0.1) is 0 Å². The SMILES string of the molecule is CCCC(=O)N1C[C@H](O)[C@H](O)[C@H]1C(=O)NCc1ccccc1. The third kappa shape index (κ3) is 3.64. The van der Waals surface area contributed by atoms with Gasteiger partial charge in [0, 0.05) is 13.0 Å². The fourth-order valence-corrected chi connectivity index (χ4v) is 2.62. The monoisotopic (exact) mass is 306 g/mol. The molecule has 1 aliphatic rings. The van der Waals surface area contributed by atoms with Gasteiger partial charge in [0.2, 0.25) is 11.8 Å². The van der Waals surface area contributed by atoms with Crippen LogP contribution in [0.2, 0.25) is 0 Å². The number of amides is 2. The van der Waals surface area contributed by atoms with Crippen molar-refractivity contribution in [3.8, 4) is 0 Å². The van der Waals surface area contributed by atoms with E-state index in [9.17, 15) is 19.8 Å². The molecule has 1 fully saturated rings. The Bertz CT molecular complexity index is 520. The minimum Gasteiger partial charge on any atom is -0.388 e. The van der Waals surface area contributed by atoms with E-state index >= 15 is 0 Å². The lowest BCUT2D eigenvalue weighted by Crippen LogP contribution is -2.50. The van der Waals surface area contributed by atoms with Gasteiger partial charge in [0.1, 0.15) is 12.1 Å². The first kappa shape index (κ1) is 16.5. The molecule has 0 bridgehead atoms. The molecule has 6 heteroatoms. The van der Waals surface area contributed by atoms with Crippen molar-refractivity contribution in [3.63, 3.8) is 0 Å². The molecule has 3 atom stereocenters. The Morgan fingerprint density at radius 3 is 2.59 bits per heavy atom. The van der Waals surface area contributed by atoms with Gasteiger partial charge in [-0.25, -0.2) is 0 Å². The van der Waals surface area contributed by atoms with Crippen molar-refractivity contribution in [2.24, 2.45) is 0 Å². The molecule has 0 unspecified atom stereocenters. The molecule has 1 aromatic carbocycles. The van der Waals surface area contributed by atoms with Gasteiger partial charge in [-0.05, 0) is 12.0 Å². The van der Waals surface area contributed by atoms with Crippen LogP contribution < -0.4 is 5.32 Å². The Balaban J connectivity index is 2.03. The Morgan fingerprint density at radius 2 is 1.95 bits per heavy atom. The summed E-state index contributed by atoms with van der Waals surface area (Å²) in [6.45, 7) is 2.17. The lowest BCUT2D eigenvalue weighted by Gasteiger charge is -2.25. The highest BCUT2D eigenvalue weighted by molar-refractivity contribution is 5.89. The van der Waals surface area contributed by atoms with Gasteiger partial charge in [-0.3, -0.25) is 9.59 Å². The lowest BCUT2D eigenvalue weighted by molar-refractivity contribution is -0.140. The molecule has 0 aliphatic carbocycles. The average molecular weight is 306 g/mol. The zero-order valence-corrected chi connectivity index (χ0v) is 12.6. The first-order valence-corrected chi connectivity index (χ1v) is 7.51. The number of β-amino-alcohol motifs (C(OH)–C–C–N with tert-alkyl or cyclic N) is 1. The van der Waals surface area contributed by atoms with Crippen LogP contribution in [0.4, 0.5) is 0 Å². The third-order valence-electron chi connectivity index (χ3n) is 3.80. The molecule has 120 valence electrons.